The molecule has 3 aliphatic rings. The molecule has 2 bridgehead atoms. The number of nitrogens with one attached hydrogen (secondary N) is 1. The van der Waals surface area contributed by atoms with Crippen LogP contribution in [0, 0.1) is 16.7 Å². The Labute approximate surface area is 119 Å². The number of aromatic nitrogens is 1. The van der Waals surface area contributed by atoms with Gasteiger partial charge in [0.15, 0.2) is 0 Å². The standard InChI is InChI=1S/C13H14BrN3O2/c14-10-1-9(2-15)11(16-3-10)17-6-13-4-12(5-13,7-18)8-19-13/h1,3,18H,4-8H2,(H,16,17). The number of aliphatic hydroxyl groups excluding tert-OH is 1. The van der Waals surface area contributed by atoms with E-state index in [4.69, 9.17) is 10.00 Å². The molecule has 1 aromatic heterocycles. The molecule has 0 amide bonds. The van der Waals surface area contributed by atoms with Gasteiger partial charge in [-0.05, 0) is 34.8 Å². The van der Waals surface area contributed by atoms with Gasteiger partial charge >= 0.3 is 0 Å². The number of hydrogen-bond donors (Lipinski definition) is 2. The molecule has 6 heteroatoms. The Morgan fingerprint density at radius 3 is 3.00 bits per heavy atom. The number of halogens is 1. The Morgan fingerprint density at radius 1 is 1.58 bits per heavy atom. The Hall–Kier alpha value is -1.16. The van der Waals surface area contributed by atoms with Crippen LogP contribution in [0.2, 0.25) is 0 Å². The number of pyridine rings is 1. The van der Waals surface area contributed by atoms with Crippen molar-refractivity contribution >= 4 is 21.7 Å². The van der Waals surface area contributed by atoms with E-state index in [1.165, 1.54) is 0 Å². The van der Waals surface area contributed by atoms with Gasteiger partial charge in [0.2, 0.25) is 0 Å². The first-order valence-corrected chi connectivity index (χ1v) is 6.94. The second-order valence-corrected chi connectivity index (χ2v) is 6.41. The van der Waals surface area contributed by atoms with Crippen LogP contribution in [0.3, 0.4) is 0 Å². The smallest absolute Gasteiger partial charge is 0.144 e. The maximum atomic E-state index is 9.31. The molecule has 0 unspecified atom stereocenters. The number of aliphatic hydroxyl groups is 1. The molecule has 19 heavy (non-hydrogen) atoms. The minimum absolute atomic E-state index is 0.0209. The molecule has 3 fully saturated rings. The molecule has 2 N–H and O–H groups in total. The van der Waals surface area contributed by atoms with Gasteiger partial charge in [0, 0.05) is 22.6 Å². The van der Waals surface area contributed by atoms with Crippen LogP contribution in [-0.2, 0) is 4.74 Å². The molecule has 5 nitrogen and oxygen atoms in total. The number of fused-ring (bicyclic) bond motifs is 1. The summed E-state index contributed by atoms with van der Waals surface area (Å²) in [4.78, 5) is 4.21. The fourth-order valence-corrected chi connectivity index (χ4v) is 3.40. The summed E-state index contributed by atoms with van der Waals surface area (Å²) in [5, 5.41) is 21.6. The number of nitriles is 1. The van der Waals surface area contributed by atoms with Crippen LogP contribution in [-0.4, -0.2) is 35.5 Å². The van der Waals surface area contributed by atoms with Crippen molar-refractivity contribution in [3.8, 4) is 6.07 Å². The van der Waals surface area contributed by atoms with E-state index in [1.807, 2.05) is 0 Å². The highest BCUT2D eigenvalue weighted by atomic mass is 79.9. The lowest BCUT2D eigenvalue weighted by atomic mass is 9.63. The molecule has 0 radical (unpaired) electrons. The molecule has 0 aromatic carbocycles. The van der Waals surface area contributed by atoms with Crippen molar-refractivity contribution < 1.29 is 9.84 Å². The van der Waals surface area contributed by atoms with Gasteiger partial charge in [-0.1, -0.05) is 0 Å². The number of nitrogens with zero attached hydrogens (tertiary/aromatic N) is 2. The van der Waals surface area contributed by atoms with Gasteiger partial charge in [-0.15, -0.1) is 0 Å². The molecule has 1 aromatic rings. The van der Waals surface area contributed by atoms with Gasteiger partial charge in [-0.3, -0.25) is 0 Å². The molecule has 0 atom stereocenters. The molecule has 100 valence electrons. The van der Waals surface area contributed by atoms with E-state index in [-0.39, 0.29) is 17.6 Å². The molecular formula is C13H14BrN3O2. The van der Waals surface area contributed by atoms with Gasteiger partial charge in [-0.25, -0.2) is 4.98 Å². The quantitative estimate of drug-likeness (QED) is 0.881. The largest absolute Gasteiger partial charge is 0.396 e. The first kappa shape index (κ1) is 12.9. The van der Waals surface area contributed by atoms with Gasteiger partial charge in [0.05, 0.1) is 24.4 Å². The zero-order valence-corrected chi connectivity index (χ0v) is 11.9. The predicted molar refractivity (Wildman–Crippen MR) is 72.6 cm³/mol. The third-order valence-corrected chi connectivity index (χ3v) is 4.40. The first-order chi connectivity index (χ1) is 9.10. The van der Waals surface area contributed by atoms with Crippen LogP contribution in [0.1, 0.15) is 18.4 Å². The second-order valence-electron chi connectivity index (χ2n) is 5.50. The van der Waals surface area contributed by atoms with Gasteiger partial charge in [0.25, 0.3) is 0 Å². The summed E-state index contributed by atoms with van der Waals surface area (Å²) in [5.74, 6) is 0.581. The Balaban J connectivity index is 1.67. The van der Waals surface area contributed by atoms with Crippen molar-refractivity contribution in [2.45, 2.75) is 18.4 Å². The van der Waals surface area contributed by atoms with E-state index in [0.717, 1.165) is 17.3 Å². The minimum atomic E-state index is -0.190. The van der Waals surface area contributed by atoms with E-state index in [0.29, 0.717) is 24.5 Å². The maximum absolute atomic E-state index is 9.31. The van der Waals surface area contributed by atoms with Crippen LogP contribution in [0.25, 0.3) is 0 Å². The van der Waals surface area contributed by atoms with E-state index < -0.39 is 0 Å². The van der Waals surface area contributed by atoms with Crippen LogP contribution in [0.4, 0.5) is 5.82 Å². The average molecular weight is 324 g/mol. The fraction of sp³-hybridized carbons (Fsp3) is 0.538. The van der Waals surface area contributed by atoms with Crippen molar-refractivity contribution in [2.75, 3.05) is 25.1 Å². The minimum Gasteiger partial charge on any atom is -0.396 e. The first-order valence-electron chi connectivity index (χ1n) is 6.15. The van der Waals surface area contributed by atoms with Crippen LogP contribution >= 0.6 is 15.9 Å². The summed E-state index contributed by atoms with van der Waals surface area (Å²) in [7, 11) is 0. The predicted octanol–water partition coefficient (Wildman–Crippen LogP) is 1.67. The van der Waals surface area contributed by atoms with E-state index in [1.54, 1.807) is 12.3 Å². The molecular weight excluding hydrogens is 310 g/mol. The average Bonchev–Trinajstić information content (AvgIpc) is 2.93. The van der Waals surface area contributed by atoms with E-state index in [9.17, 15) is 5.11 Å². The Morgan fingerprint density at radius 2 is 2.37 bits per heavy atom. The maximum Gasteiger partial charge on any atom is 0.144 e. The SMILES string of the molecule is N#Cc1cc(Br)cnc1NCC12CC(CO)(CO1)C2. The second kappa shape index (κ2) is 4.44. The lowest BCUT2D eigenvalue weighted by Gasteiger charge is -2.43. The lowest BCUT2D eigenvalue weighted by molar-refractivity contribution is -0.0168. The molecule has 0 spiro atoms. The van der Waals surface area contributed by atoms with Crippen LogP contribution in [0.5, 0.6) is 0 Å². The molecule has 1 aliphatic carbocycles. The highest BCUT2D eigenvalue weighted by Gasteiger charge is 2.61. The summed E-state index contributed by atoms with van der Waals surface area (Å²) in [5.41, 5.74) is 0.299. The van der Waals surface area contributed by atoms with Crippen molar-refractivity contribution in [3.63, 3.8) is 0 Å². The highest BCUT2D eigenvalue weighted by molar-refractivity contribution is 9.10. The van der Waals surface area contributed by atoms with Gasteiger partial charge < -0.3 is 15.2 Å². The number of ether oxygens (including phenoxy) is 1. The van der Waals surface area contributed by atoms with E-state index >= 15 is 0 Å². The summed E-state index contributed by atoms with van der Waals surface area (Å²) >= 11 is 3.30. The third kappa shape index (κ3) is 2.12. The Kier molecular flexibility index (Phi) is 3.01. The van der Waals surface area contributed by atoms with Gasteiger partial charge in [-0.2, -0.15) is 5.26 Å². The van der Waals surface area contributed by atoms with Crippen LogP contribution < -0.4 is 5.32 Å². The number of anilines is 1. The summed E-state index contributed by atoms with van der Waals surface area (Å²) in [6, 6.07) is 3.86. The topological polar surface area (TPSA) is 78.2 Å². The van der Waals surface area contributed by atoms with Crippen molar-refractivity contribution in [1.82, 2.24) is 4.98 Å². The third-order valence-electron chi connectivity index (χ3n) is 3.97. The zero-order valence-electron chi connectivity index (χ0n) is 10.3. The fourth-order valence-electron chi connectivity index (χ4n) is 3.07. The zero-order chi connectivity index (χ0) is 13.5. The lowest BCUT2D eigenvalue weighted by Crippen LogP contribution is -2.50. The van der Waals surface area contributed by atoms with Gasteiger partial charge in [0.1, 0.15) is 11.9 Å². The number of hydrogen-bond acceptors (Lipinski definition) is 5. The molecule has 3 heterocycles. The summed E-state index contributed by atoms with van der Waals surface area (Å²) in [6.07, 6.45) is 3.42. The van der Waals surface area contributed by atoms with Crippen LogP contribution in [0.15, 0.2) is 16.7 Å². The van der Waals surface area contributed by atoms with Crippen molar-refractivity contribution in [1.29, 1.82) is 5.26 Å². The Bertz CT molecular complexity index is 549. The molecule has 2 saturated heterocycles. The number of rotatable bonds is 4. The molecule has 1 saturated carbocycles. The highest BCUT2D eigenvalue weighted by Crippen LogP contribution is 2.57. The van der Waals surface area contributed by atoms with Crippen molar-refractivity contribution in [3.05, 3.63) is 22.3 Å². The monoisotopic (exact) mass is 323 g/mol. The summed E-state index contributed by atoms with van der Waals surface area (Å²) < 4.78 is 6.57. The van der Waals surface area contributed by atoms with Crippen molar-refractivity contribution in [2.24, 2.45) is 5.41 Å². The summed E-state index contributed by atoms with van der Waals surface area (Å²) in [6.45, 7) is 1.44. The van der Waals surface area contributed by atoms with E-state index in [2.05, 4.69) is 32.3 Å². The normalized spacial score (nSPS) is 31.6. The molecule has 4 rings (SSSR count). The molecule has 2 aliphatic heterocycles.